The number of piperidine rings is 1. The smallest absolute Gasteiger partial charge is 0.0900 e. The number of hydrogen-bond acceptors (Lipinski definition) is 3. The lowest BCUT2D eigenvalue weighted by molar-refractivity contribution is 0.00405. The van der Waals surface area contributed by atoms with Gasteiger partial charge in [-0.2, -0.15) is 0 Å². The van der Waals surface area contributed by atoms with Gasteiger partial charge in [0.15, 0.2) is 0 Å². The second-order valence-corrected chi connectivity index (χ2v) is 5.75. The molecule has 0 spiro atoms. The van der Waals surface area contributed by atoms with Crippen LogP contribution in [-0.2, 0) is 4.74 Å². The zero-order valence-electron chi connectivity index (χ0n) is 11.7. The molecule has 1 N–H and O–H groups in total. The monoisotopic (exact) mass is 243 g/mol. The van der Waals surface area contributed by atoms with Gasteiger partial charge in [0.1, 0.15) is 0 Å². The molecule has 0 bridgehead atoms. The predicted molar refractivity (Wildman–Crippen MR) is 71.1 cm³/mol. The van der Waals surface area contributed by atoms with Crippen LogP contribution in [0, 0.1) is 11.8 Å². The Labute approximate surface area is 106 Å². The maximum Gasteiger partial charge on any atom is 0.0900 e. The maximum absolute atomic E-state index is 9.91. The van der Waals surface area contributed by atoms with Crippen LogP contribution in [0.3, 0.4) is 0 Å². The van der Waals surface area contributed by atoms with Crippen molar-refractivity contribution in [3.05, 3.63) is 0 Å². The molecule has 3 atom stereocenters. The minimum absolute atomic E-state index is 0.329. The number of aliphatic hydroxyl groups excluding tert-OH is 1. The molecule has 1 rings (SSSR count). The predicted octanol–water partition coefficient (Wildman–Crippen LogP) is 2.14. The highest BCUT2D eigenvalue weighted by Gasteiger charge is 2.23. The number of aliphatic hydroxyl groups is 1. The second-order valence-electron chi connectivity index (χ2n) is 5.75. The van der Waals surface area contributed by atoms with E-state index in [1.807, 2.05) is 0 Å². The van der Waals surface area contributed by atoms with Gasteiger partial charge in [0.2, 0.25) is 0 Å². The van der Waals surface area contributed by atoms with E-state index in [0.29, 0.717) is 6.61 Å². The summed E-state index contributed by atoms with van der Waals surface area (Å²) in [5.74, 6) is 1.51. The van der Waals surface area contributed by atoms with Crippen molar-refractivity contribution in [1.82, 2.24) is 4.90 Å². The van der Waals surface area contributed by atoms with Gasteiger partial charge in [-0.05, 0) is 24.7 Å². The summed E-state index contributed by atoms with van der Waals surface area (Å²) < 4.78 is 5.45. The van der Waals surface area contributed by atoms with Crippen LogP contribution < -0.4 is 0 Å². The van der Waals surface area contributed by atoms with Crippen LogP contribution in [0.4, 0.5) is 0 Å². The molecule has 1 heterocycles. The highest BCUT2D eigenvalue weighted by molar-refractivity contribution is 4.76. The van der Waals surface area contributed by atoms with Gasteiger partial charge in [0.25, 0.3) is 0 Å². The fourth-order valence-electron chi connectivity index (χ4n) is 2.76. The fourth-order valence-corrected chi connectivity index (χ4v) is 2.76. The van der Waals surface area contributed by atoms with Gasteiger partial charge in [-0.3, -0.25) is 0 Å². The molecule has 1 saturated heterocycles. The third kappa shape index (κ3) is 6.39. The highest BCUT2D eigenvalue weighted by Crippen LogP contribution is 2.20. The van der Waals surface area contributed by atoms with E-state index in [1.165, 1.54) is 6.42 Å². The van der Waals surface area contributed by atoms with Gasteiger partial charge in [0, 0.05) is 26.2 Å². The lowest BCUT2D eigenvalue weighted by Gasteiger charge is -2.35. The Bertz CT molecular complexity index is 189. The van der Waals surface area contributed by atoms with Gasteiger partial charge >= 0.3 is 0 Å². The molecule has 0 aliphatic carbocycles. The number of β-amino-alcohol motifs (C(OH)–C–C–N with tert-alkyl or cyclic N) is 1. The van der Waals surface area contributed by atoms with Crippen molar-refractivity contribution < 1.29 is 9.84 Å². The SMILES string of the molecule is CCCCOC[C@H](O)CN1C[C@H](C)C[C@@H](C)C1. The van der Waals surface area contributed by atoms with Crippen molar-refractivity contribution in [3.63, 3.8) is 0 Å². The molecule has 0 aromatic rings. The average Bonchev–Trinajstić information content (AvgIpc) is 2.23. The third-order valence-electron chi connectivity index (χ3n) is 3.37. The van der Waals surface area contributed by atoms with Gasteiger partial charge in [-0.1, -0.05) is 27.2 Å². The number of nitrogens with zero attached hydrogens (tertiary/aromatic N) is 1. The lowest BCUT2D eigenvalue weighted by atomic mass is 9.92. The number of unbranched alkanes of at least 4 members (excludes halogenated alkanes) is 1. The van der Waals surface area contributed by atoms with E-state index in [-0.39, 0.29) is 6.10 Å². The van der Waals surface area contributed by atoms with Gasteiger partial charge < -0.3 is 14.7 Å². The molecule has 0 saturated carbocycles. The third-order valence-corrected chi connectivity index (χ3v) is 3.37. The van der Waals surface area contributed by atoms with E-state index in [0.717, 1.165) is 50.9 Å². The molecule has 0 radical (unpaired) electrons. The summed E-state index contributed by atoms with van der Waals surface area (Å²) in [5, 5.41) is 9.91. The van der Waals surface area contributed by atoms with E-state index < -0.39 is 0 Å². The molecule has 1 fully saturated rings. The number of ether oxygens (including phenoxy) is 1. The highest BCUT2D eigenvalue weighted by atomic mass is 16.5. The first-order valence-electron chi connectivity index (χ1n) is 7.10. The zero-order valence-corrected chi connectivity index (χ0v) is 11.7. The Balaban J connectivity index is 2.14. The summed E-state index contributed by atoms with van der Waals surface area (Å²) >= 11 is 0. The van der Waals surface area contributed by atoms with Crippen molar-refractivity contribution >= 4 is 0 Å². The van der Waals surface area contributed by atoms with Crippen LogP contribution in [0.2, 0.25) is 0 Å². The molecule has 0 aromatic heterocycles. The normalized spacial score (nSPS) is 28.2. The van der Waals surface area contributed by atoms with Crippen molar-refractivity contribution in [3.8, 4) is 0 Å². The van der Waals surface area contributed by atoms with Crippen LogP contribution in [0.5, 0.6) is 0 Å². The van der Waals surface area contributed by atoms with E-state index in [2.05, 4.69) is 25.7 Å². The van der Waals surface area contributed by atoms with Gasteiger partial charge in [-0.15, -0.1) is 0 Å². The molecular weight excluding hydrogens is 214 g/mol. The average molecular weight is 243 g/mol. The van der Waals surface area contributed by atoms with Crippen LogP contribution in [0.15, 0.2) is 0 Å². The Morgan fingerprint density at radius 1 is 1.29 bits per heavy atom. The largest absolute Gasteiger partial charge is 0.389 e. The van der Waals surface area contributed by atoms with E-state index in [1.54, 1.807) is 0 Å². The summed E-state index contributed by atoms with van der Waals surface area (Å²) in [5.41, 5.74) is 0. The van der Waals surface area contributed by atoms with Crippen LogP contribution in [0.25, 0.3) is 0 Å². The topological polar surface area (TPSA) is 32.7 Å². The molecular formula is C14H29NO2. The number of rotatable bonds is 7. The Morgan fingerprint density at radius 3 is 2.53 bits per heavy atom. The standard InChI is InChI=1S/C14H29NO2/c1-4-5-6-17-11-14(16)10-15-8-12(2)7-13(3)9-15/h12-14,16H,4-11H2,1-3H3/t12-,13-,14-/m1/s1. The zero-order chi connectivity index (χ0) is 12.7. The number of likely N-dealkylation sites (tertiary alicyclic amines) is 1. The van der Waals surface area contributed by atoms with E-state index in [4.69, 9.17) is 4.74 Å². The van der Waals surface area contributed by atoms with Crippen molar-refractivity contribution in [2.24, 2.45) is 11.8 Å². The Hall–Kier alpha value is -0.120. The molecule has 0 aromatic carbocycles. The van der Waals surface area contributed by atoms with Crippen molar-refractivity contribution in [2.45, 2.75) is 46.1 Å². The van der Waals surface area contributed by atoms with Gasteiger partial charge in [0.05, 0.1) is 12.7 Å². The summed E-state index contributed by atoms with van der Waals surface area (Å²) in [7, 11) is 0. The molecule has 102 valence electrons. The second kappa shape index (κ2) is 8.06. The molecule has 1 aliphatic rings. The van der Waals surface area contributed by atoms with E-state index in [9.17, 15) is 5.11 Å². The van der Waals surface area contributed by atoms with Crippen molar-refractivity contribution in [2.75, 3.05) is 32.8 Å². The van der Waals surface area contributed by atoms with Crippen molar-refractivity contribution in [1.29, 1.82) is 0 Å². The summed E-state index contributed by atoms with van der Waals surface area (Å²) in [4.78, 5) is 2.38. The van der Waals surface area contributed by atoms with Crippen LogP contribution in [-0.4, -0.2) is 49.0 Å². The minimum atomic E-state index is -0.329. The molecule has 1 aliphatic heterocycles. The first-order valence-corrected chi connectivity index (χ1v) is 7.10. The molecule has 3 heteroatoms. The summed E-state index contributed by atoms with van der Waals surface area (Å²) in [6.07, 6.45) is 3.23. The first-order chi connectivity index (χ1) is 8.11. The Kier molecular flexibility index (Phi) is 7.09. The molecule has 0 unspecified atom stereocenters. The van der Waals surface area contributed by atoms with Gasteiger partial charge in [-0.25, -0.2) is 0 Å². The molecule has 3 nitrogen and oxygen atoms in total. The summed E-state index contributed by atoms with van der Waals surface area (Å²) in [6.45, 7) is 11.0. The number of hydrogen-bond donors (Lipinski definition) is 1. The molecule has 0 amide bonds. The molecule has 17 heavy (non-hydrogen) atoms. The van der Waals surface area contributed by atoms with E-state index >= 15 is 0 Å². The fraction of sp³-hybridized carbons (Fsp3) is 1.00. The Morgan fingerprint density at radius 2 is 1.94 bits per heavy atom. The van der Waals surface area contributed by atoms with Crippen LogP contribution in [0.1, 0.15) is 40.0 Å². The summed E-state index contributed by atoms with van der Waals surface area (Å²) in [6, 6.07) is 0. The maximum atomic E-state index is 9.91. The van der Waals surface area contributed by atoms with Crippen LogP contribution >= 0.6 is 0 Å². The lowest BCUT2D eigenvalue weighted by Crippen LogP contribution is -2.43. The first kappa shape index (κ1) is 14.9. The minimum Gasteiger partial charge on any atom is -0.389 e. The quantitative estimate of drug-likeness (QED) is 0.695.